The third-order valence-corrected chi connectivity index (χ3v) is 5.51. The molecule has 2 N–H and O–H groups in total. The number of hydrogen-bond acceptors (Lipinski definition) is 2. The van der Waals surface area contributed by atoms with Crippen LogP contribution in [0.15, 0.2) is 12.3 Å². The Kier molecular flexibility index (Phi) is 3.23. The fraction of sp³-hybridized carbons (Fsp3) is 0.733. The second kappa shape index (κ2) is 4.61. The number of rotatable bonds is 1. The molecule has 1 unspecified atom stereocenters. The molecular weight excluding hydrogens is 240 g/mol. The molecule has 100 valence electrons. The summed E-state index contributed by atoms with van der Waals surface area (Å²) in [5.74, 6) is 2.63. The van der Waals surface area contributed by atoms with E-state index in [1.807, 2.05) is 0 Å². The molecule has 0 bridgehead atoms. The van der Waals surface area contributed by atoms with Gasteiger partial charge in [0.2, 0.25) is 0 Å². The van der Waals surface area contributed by atoms with Crippen LogP contribution in [-0.4, -0.2) is 16.1 Å². The van der Waals surface area contributed by atoms with Gasteiger partial charge >= 0.3 is 0 Å². The minimum absolute atomic E-state index is 0.239. The van der Waals surface area contributed by atoms with Crippen LogP contribution in [0.1, 0.15) is 56.5 Å². The van der Waals surface area contributed by atoms with Crippen LogP contribution in [0.3, 0.4) is 0 Å². The van der Waals surface area contributed by atoms with Gasteiger partial charge in [-0.25, -0.2) is 0 Å². The van der Waals surface area contributed by atoms with E-state index in [0.29, 0.717) is 5.41 Å². The number of nitrogens with zero attached hydrogens (tertiary/aromatic N) is 1. The highest BCUT2D eigenvalue weighted by atomic mass is 32.2. The van der Waals surface area contributed by atoms with E-state index in [4.69, 9.17) is 5.73 Å². The summed E-state index contributed by atoms with van der Waals surface area (Å²) < 4.78 is 2.55. The van der Waals surface area contributed by atoms with Crippen molar-refractivity contribution >= 4 is 11.8 Å². The normalized spacial score (nSPS) is 28.1. The largest absolute Gasteiger partial charge is 0.348 e. The molecule has 3 rings (SSSR count). The van der Waals surface area contributed by atoms with Crippen molar-refractivity contribution in [2.45, 2.75) is 51.6 Å². The predicted molar refractivity (Wildman–Crippen MR) is 79.1 cm³/mol. The summed E-state index contributed by atoms with van der Waals surface area (Å²) in [4.78, 5) is 0. The maximum Gasteiger partial charge on any atom is 0.0349 e. The van der Waals surface area contributed by atoms with Crippen LogP contribution in [0.25, 0.3) is 0 Å². The van der Waals surface area contributed by atoms with E-state index in [-0.39, 0.29) is 6.04 Å². The lowest BCUT2D eigenvalue weighted by molar-refractivity contribution is 0.270. The average molecular weight is 264 g/mol. The molecule has 1 aliphatic carbocycles. The molecule has 3 heteroatoms. The molecule has 0 spiro atoms. The first-order valence-corrected chi connectivity index (χ1v) is 8.25. The lowest BCUT2D eigenvalue weighted by Gasteiger charge is -2.36. The molecule has 1 atom stereocenters. The van der Waals surface area contributed by atoms with E-state index in [9.17, 15) is 0 Å². The molecule has 2 nitrogen and oxygen atoms in total. The Morgan fingerprint density at radius 3 is 2.78 bits per heavy atom. The maximum atomic E-state index is 6.35. The quantitative estimate of drug-likeness (QED) is 0.841. The molecule has 0 saturated carbocycles. The summed E-state index contributed by atoms with van der Waals surface area (Å²) in [6.45, 7) is 4.70. The standard InChI is InChI=1S/C15H24N2S/c1-15(2)9-13(16)12-3-6-17(14(12)10-15)11-4-7-18-8-5-11/h3,6,11,13H,4-5,7-10,16H2,1-2H3. The van der Waals surface area contributed by atoms with Crippen LogP contribution in [0, 0.1) is 5.41 Å². The van der Waals surface area contributed by atoms with E-state index < -0.39 is 0 Å². The zero-order chi connectivity index (χ0) is 12.8. The smallest absolute Gasteiger partial charge is 0.0349 e. The van der Waals surface area contributed by atoms with Gasteiger partial charge in [0.1, 0.15) is 0 Å². The minimum Gasteiger partial charge on any atom is -0.348 e. The van der Waals surface area contributed by atoms with E-state index in [1.54, 1.807) is 0 Å². The highest BCUT2D eigenvalue weighted by Crippen LogP contribution is 2.42. The van der Waals surface area contributed by atoms with Crippen molar-refractivity contribution < 1.29 is 0 Å². The Bertz CT molecular complexity index is 430. The molecule has 0 amide bonds. The van der Waals surface area contributed by atoms with Crippen molar-refractivity contribution in [1.29, 1.82) is 0 Å². The van der Waals surface area contributed by atoms with Crippen LogP contribution in [0.4, 0.5) is 0 Å². The SMILES string of the molecule is CC1(C)Cc2c(ccn2C2CCSCC2)C(N)C1. The summed E-state index contributed by atoms with van der Waals surface area (Å²) in [5.41, 5.74) is 9.63. The van der Waals surface area contributed by atoms with Crippen LogP contribution in [0.5, 0.6) is 0 Å². The van der Waals surface area contributed by atoms with Gasteiger partial charge < -0.3 is 10.3 Å². The van der Waals surface area contributed by atoms with Crippen molar-refractivity contribution in [2.75, 3.05) is 11.5 Å². The van der Waals surface area contributed by atoms with Crippen LogP contribution in [0.2, 0.25) is 0 Å². The highest BCUT2D eigenvalue weighted by Gasteiger charge is 2.33. The van der Waals surface area contributed by atoms with Gasteiger partial charge in [-0.2, -0.15) is 11.8 Å². The first-order chi connectivity index (χ1) is 8.57. The third-order valence-electron chi connectivity index (χ3n) is 4.46. The predicted octanol–water partition coefficient (Wildman–Crippen LogP) is 3.53. The molecule has 1 aromatic rings. The first kappa shape index (κ1) is 12.6. The van der Waals surface area contributed by atoms with Gasteiger partial charge in [0, 0.05) is 24.0 Å². The lowest BCUT2D eigenvalue weighted by Crippen LogP contribution is -2.31. The third kappa shape index (κ3) is 2.23. The summed E-state index contributed by atoms with van der Waals surface area (Å²) in [6, 6.07) is 3.23. The fourth-order valence-electron chi connectivity index (χ4n) is 3.56. The van der Waals surface area contributed by atoms with Crippen molar-refractivity contribution in [2.24, 2.45) is 11.1 Å². The molecular formula is C15H24N2S. The summed E-state index contributed by atoms with van der Waals surface area (Å²) >= 11 is 2.10. The molecule has 2 aliphatic rings. The summed E-state index contributed by atoms with van der Waals surface area (Å²) in [7, 11) is 0. The van der Waals surface area contributed by atoms with E-state index in [1.165, 1.54) is 42.0 Å². The van der Waals surface area contributed by atoms with Crippen molar-refractivity contribution in [3.05, 3.63) is 23.5 Å². The zero-order valence-corrected chi connectivity index (χ0v) is 12.3. The monoisotopic (exact) mass is 264 g/mol. The van der Waals surface area contributed by atoms with Gasteiger partial charge in [-0.15, -0.1) is 0 Å². The Morgan fingerprint density at radius 2 is 2.06 bits per heavy atom. The minimum atomic E-state index is 0.239. The van der Waals surface area contributed by atoms with Gasteiger partial charge in [0.15, 0.2) is 0 Å². The van der Waals surface area contributed by atoms with Crippen molar-refractivity contribution in [1.82, 2.24) is 4.57 Å². The molecule has 18 heavy (non-hydrogen) atoms. The molecule has 0 aromatic carbocycles. The Balaban J connectivity index is 1.93. The zero-order valence-electron chi connectivity index (χ0n) is 11.5. The highest BCUT2D eigenvalue weighted by molar-refractivity contribution is 7.99. The number of aromatic nitrogens is 1. The maximum absolute atomic E-state index is 6.35. The van der Waals surface area contributed by atoms with E-state index >= 15 is 0 Å². The Morgan fingerprint density at radius 1 is 1.33 bits per heavy atom. The molecule has 0 radical (unpaired) electrons. The van der Waals surface area contributed by atoms with Gasteiger partial charge in [-0.1, -0.05) is 13.8 Å². The van der Waals surface area contributed by atoms with Crippen molar-refractivity contribution in [3.63, 3.8) is 0 Å². The van der Waals surface area contributed by atoms with Gasteiger partial charge in [-0.3, -0.25) is 0 Å². The van der Waals surface area contributed by atoms with E-state index in [2.05, 4.69) is 42.4 Å². The van der Waals surface area contributed by atoms with Crippen molar-refractivity contribution in [3.8, 4) is 0 Å². The number of nitrogens with two attached hydrogens (primary N) is 1. The number of thioether (sulfide) groups is 1. The Hall–Kier alpha value is -0.410. The second-order valence-electron chi connectivity index (χ2n) is 6.62. The molecule has 1 aromatic heterocycles. The fourth-order valence-corrected chi connectivity index (χ4v) is 4.64. The van der Waals surface area contributed by atoms with E-state index in [0.717, 1.165) is 12.5 Å². The van der Waals surface area contributed by atoms with Gasteiger partial charge in [0.05, 0.1) is 0 Å². The average Bonchev–Trinajstić information content (AvgIpc) is 2.72. The first-order valence-electron chi connectivity index (χ1n) is 7.10. The van der Waals surface area contributed by atoms with Gasteiger partial charge in [0.25, 0.3) is 0 Å². The lowest BCUT2D eigenvalue weighted by atomic mass is 9.74. The Labute approximate surface area is 114 Å². The van der Waals surface area contributed by atoms with Crippen LogP contribution >= 0.6 is 11.8 Å². The molecule has 2 heterocycles. The summed E-state index contributed by atoms with van der Waals surface area (Å²) in [6.07, 6.45) is 7.24. The molecule has 1 aliphatic heterocycles. The van der Waals surface area contributed by atoms with Crippen LogP contribution < -0.4 is 5.73 Å². The summed E-state index contributed by atoms with van der Waals surface area (Å²) in [5, 5.41) is 0. The second-order valence-corrected chi connectivity index (χ2v) is 7.84. The number of fused-ring (bicyclic) bond motifs is 1. The molecule has 1 fully saturated rings. The topological polar surface area (TPSA) is 30.9 Å². The number of hydrogen-bond donors (Lipinski definition) is 1. The van der Waals surface area contributed by atoms with Crippen LogP contribution in [-0.2, 0) is 6.42 Å². The van der Waals surface area contributed by atoms with Gasteiger partial charge in [-0.05, 0) is 54.2 Å². The molecule has 1 saturated heterocycles.